The van der Waals surface area contributed by atoms with Crippen molar-refractivity contribution in [2.45, 2.75) is 13.8 Å². The van der Waals surface area contributed by atoms with Crippen LogP contribution in [-0.4, -0.2) is 0 Å². The van der Waals surface area contributed by atoms with Gasteiger partial charge in [0.2, 0.25) is 0 Å². The van der Waals surface area contributed by atoms with E-state index in [4.69, 9.17) is 0 Å². The van der Waals surface area contributed by atoms with E-state index < -0.39 is 0 Å². The molecule has 0 aliphatic rings. The van der Waals surface area contributed by atoms with Gasteiger partial charge in [0.25, 0.3) is 0 Å². The highest BCUT2D eigenvalue weighted by atomic mass is 14.0. The minimum atomic E-state index is 0.608. The van der Waals surface area contributed by atoms with E-state index >= 15 is 0 Å². The van der Waals surface area contributed by atoms with Crippen LogP contribution in [0.1, 0.15) is 25.0 Å². The number of benzene rings is 1. The molecule has 0 nitrogen and oxygen atoms in total. The summed E-state index contributed by atoms with van der Waals surface area (Å²) >= 11 is 0. The van der Waals surface area contributed by atoms with Crippen molar-refractivity contribution in [1.29, 1.82) is 0 Å². The Labute approximate surface area is 69.3 Å². The molecule has 0 N–H and O–H groups in total. The first kappa shape index (κ1) is 8.32. The van der Waals surface area contributed by atoms with Crippen LogP contribution in [0.3, 0.4) is 0 Å². The lowest BCUT2D eigenvalue weighted by Gasteiger charge is -2.04. The second-order valence-corrected chi connectivity index (χ2v) is 3.16. The molecule has 2 radical (unpaired) electrons. The average molecular weight is 146 g/mol. The first-order valence-corrected chi connectivity index (χ1v) is 3.95. The van der Waals surface area contributed by atoms with Crippen LogP contribution in [0, 0.1) is 19.3 Å². The van der Waals surface area contributed by atoms with Gasteiger partial charge in [-0.05, 0) is 30.4 Å². The van der Waals surface area contributed by atoms with Crippen LogP contribution in [-0.2, 0) is 0 Å². The van der Waals surface area contributed by atoms with Crippen LogP contribution in [0.25, 0.3) is 0 Å². The largest absolute Gasteiger partial charge is 0.0622 e. The fourth-order valence-corrected chi connectivity index (χ4v) is 1.08. The van der Waals surface area contributed by atoms with Gasteiger partial charge in [-0.2, -0.15) is 0 Å². The van der Waals surface area contributed by atoms with Crippen molar-refractivity contribution in [3.05, 3.63) is 48.7 Å². The predicted molar refractivity (Wildman–Crippen MR) is 49.1 cm³/mol. The maximum absolute atomic E-state index is 3.87. The summed E-state index contributed by atoms with van der Waals surface area (Å²) in [6, 6.07) is 8.25. The van der Waals surface area contributed by atoms with E-state index in [9.17, 15) is 0 Å². The zero-order chi connectivity index (χ0) is 8.27. The van der Waals surface area contributed by atoms with Crippen LogP contribution in [0.2, 0.25) is 0 Å². The van der Waals surface area contributed by atoms with Gasteiger partial charge in [0.15, 0.2) is 0 Å². The standard InChI is InChI=1S/C11H14/c1-9(2)7-11-6-4-5-10(3)8-11/h4-9H,3H2,1-2H3. The Morgan fingerprint density at radius 1 is 1.36 bits per heavy atom. The van der Waals surface area contributed by atoms with Crippen LogP contribution in [0.4, 0.5) is 0 Å². The molecule has 0 unspecified atom stereocenters. The van der Waals surface area contributed by atoms with E-state index in [2.05, 4.69) is 39.3 Å². The maximum atomic E-state index is 3.87. The summed E-state index contributed by atoms with van der Waals surface area (Å²) in [6.45, 7) is 8.22. The molecule has 0 aliphatic carbocycles. The molecule has 0 saturated heterocycles. The third-order valence-corrected chi connectivity index (χ3v) is 1.48. The van der Waals surface area contributed by atoms with Crippen molar-refractivity contribution < 1.29 is 0 Å². The highest BCUT2D eigenvalue weighted by Gasteiger charge is 1.96. The SMILES string of the molecule is [CH2]c1cccc([CH]C(C)C)c1. The number of hydrogen-bond donors (Lipinski definition) is 0. The molecule has 0 spiro atoms. The van der Waals surface area contributed by atoms with Gasteiger partial charge in [-0.1, -0.05) is 38.1 Å². The molecule has 0 saturated carbocycles. The molecule has 0 aromatic heterocycles. The quantitative estimate of drug-likeness (QED) is 0.601. The average Bonchev–Trinajstić information content (AvgIpc) is 1.85. The molecular weight excluding hydrogens is 132 g/mol. The molecule has 1 rings (SSSR count). The Hall–Kier alpha value is -0.780. The van der Waals surface area contributed by atoms with Gasteiger partial charge in [-0.25, -0.2) is 0 Å². The highest BCUT2D eigenvalue weighted by molar-refractivity contribution is 5.30. The van der Waals surface area contributed by atoms with Crippen LogP contribution in [0.5, 0.6) is 0 Å². The Morgan fingerprint density at radius 3 is 2.64 bits per heavy atom. The van der Waals surface area contributed by atoms with Crippen LogP contribution < -0.4 is 0 Å². The summed E-state index contributed by atoms with van der Waals surface area (Å²) in [5.74, 6) is 0.608. The van der Waals surface area contributed by atoms with Crippen molar-refractivity contribution in [1.82, 2.24) is 0 Å². The predicted octanol–water partition coefficient (Wildman–Crippen LogP) is 3.08. The van der Waals surface area contributed by atoms with Gasteiger partial charge in [0.05, 0.1) is 0 Å². The molecule has 0 heteroatoms. The molecule has 1 aromatic rings. The zero-order valence-electron chi connectivity index (χ0n) is 7.17. The first-order valence-electron chi connectivity index (χ1n) is 3.95. The smallest absolute Gasteiger partial charge is 0.00675 e. The summed E-state index contributed by atoms with van der Waals surface area (Å²) < 4.78 is 0. The Bertz CT molecular complexity index is 223. The van der Waals surface area contributed by atoms with E-state index in [0.29, 0.717) is 5.92 Å². The Balaban J connectivity index is 2.71. The first-order chi connectivity index (χ1) is 5.18. The Morgan fingerprint density at radius 2 is 2.09 bits per heavy atom. The summed E-state index contributed by atoms with van der Waals surface area (Å²) in [4.78, 5) is 0. The summed E-state index contributed by atoms with van der Waals surface area (Å²) in [5, 5.41) is 0. The molecule has 11 heavy (non-hydrogen) atoms. The van der Waals surface area contributed by atoms with Gasteiger partial charge < -0.3 is 0 Å². The molecule has 0 bridgehead atoms. The van der Waals surface area contributed by atoms with Gasteiger partial charge in [0, 0.05) is 0 Å². The van der Waals surface area contributed by atoms with Crippen LogP contribution in [0.15, 0.2) is 24.3 Å². The van der Waals surface area contributed by atoms with Gasteiger partial charge >= 0.3 is 0 Å². The lowest BCUT2D eigenvalue weighted by Crippen LogP contribution is -1.90. The van der Waals surface area contributed by atoms with Crippen molar-refractivity contribution in [2.75, 3.05) is 0 Å². The van der Waals surface area contributed by atoms with E-state index in [0.717, 1.165) is 5.56 Å². The lowest BCUT2D eigenvalue weighted by atomic mass is 10.0. The molecule has 0 amide bonds. The zero-order valence-corrected chi connectivity index (χ0v) is 7.17. The summed E-state index contributed by atoms with van der Waals surface area (Å²) in [6.07, 6.45) is 2.23. The molecule has 1 aromatic carbocycles. The van der Waals surface area contributed by atoms with E-state index in [-0.39, 0.29) is 0 Å². The highest BCUT2D eigenvalue weighted by Crippen LogP contribution is 2.11. The molecule has 0 heterocycles. The molecule has 0 atom stereocenters. The van der Waals surface area contributed by atoms with Crippen molar-refractivity contribution in [2.24, 2.45) is 5.92 Å². The molecule has 58 valence electrons. The summed E-state index contributed by atoms with van der Waals surface area (Å²) in [5.41, 5.74) is 2.35. The maximum Gasteiger partial charge on any atom is -0.00675 e. The van der Waals surface area contributed by atoms with Crippen molar-refractivity contribution >= 4 is 0 Å². The second kappa shape index (κ2) is 3.56. The number of hydrogen-bond acceptors (Lipinski definition) is 0. The fourth-order valence-electron chi connectivity index (χ4n) is 1.08. The minimum Gasteiger partial charge on any atom is -0.0622 e. The molecule has 0 aliphatic heterocycles. The van der Waals surface area contributed by atoms with Gasteiger partial charge in [0.1, 0.15) is 0 Å². The van der Waals surface area contributed by atoms with Crippen molar-refractivity contribution in [3.63, 3.8) is 0 Å². The van der Waals surface area contributed by atoms with Gasteiger partial charge in [-0.15, -0.1) is 0 Å². The number of rotatable bonds is 2. The summed E-state index contributed by atoms with van der Waals surface area (Å²) in [7, 11) is 0. The van der Waals surface area contributed by atoms with E-state index in [1.807, 2.05) is 12.1 Å². The normalized spacial score (nSPS) is 10.5. The van der Waals surface area contributed by atoms with E-state index in [1.54, 1.807) is 0 Å². The van der Waals surface area contributed by atoms with Gasteiger partial charge in [-0.3, -0.25) is 0 Å². The lowest BCUT2D eigenvalue weighted by molar-refractivity contribution is 0.776. The molecular formula is C11H14. The second-order valence-electron chi connectivity index (χ2n) is 3.16. The third kappa shape index (κ3) is 2.75. The van der Waals surface area contributed by atoms with Crippen LogP contribution >= 0.6 is 0 Å². The van der Waals surface area contributed by atoms with Crippen molar-refractivity contribution in [3.8, 4) is 0 Å². The Kier molecular flexibility index (Phi) is 2.70. The monoisotopic (exact) mass is 146 g/mol. The topological polar surface area (TPSA) is 0 Å². The fraction of sp³-hybridized carbons (Fsp3) is 0.273. The third-order valence-electron chi connectivity index (χ3n) is 1.48. The van der Waals surface area contributed by atoms with E-state index in [1.165, 1.54) is 5.56 Å². The molecule has 0 fully saturated rings. The minimum absolute atomic E-state index is 0.608.